The number of sulfonamides is 1. The van der Waals surface area contributed by atoms with Crippen LogP contribution < -0.4 is 9.24 Å². The van der Waals surface area contributed by atoms with Gasteiger partial charge in [0.2, 0.25) is 5.91 Å². The van der Waals surface area contributed by atoms with E-state index in [1.165, 1.54) is 6.07 Å². The van der Waals surface area contributed by atoms with Gasteiger partial charge in [-0.1, -0.05) is 49.4 Å². The smallest absolute Gasteiger partial charge is 0.396 e. The number of fused-ring (bicyclic) bond motifs is 3. The molecule has 6 nitrogen and oxygen atoms in total. The van der Waals surface area contributed by atoms with Gasteiger partial charge in [0, 0.05) is 16.7 Å². The highest BCUT2D eigenvalue weighted by Gasteiger charge is 2.34. The van der Waals surface area contributed by atoms with Crippen LogP contribution in [0.5, 0.6) is 0 Å². The normalized spacial score (nSPS) is 12.0. The van der Waals surface area contributed by atoms with Gasteiger partial charge in [0.15, 0.2) is 5.58 Å². The fourth-order valence-electron chi connectivity index (χ4n) is 3.16. The maximum absolute atomic E-state index is 13.5. The van der Waals surface area contributed by atoms with Crippen LogP contribution in [0.2, 0.25) is 0 Å². The van der Waals surface area contributed by atoms with E-state index in [0.717, 1.165) is 39.9 Å². The summed E-state index contributed by atoms with van der Waals surface area (Å²) in [7, 11) is -4.36. The summed E-state index contributed by atoms with van der Waals surface area (Å²) in [6, 6.07) is 12.5. The number of hydrogen-bond acceptors (Lipinski definition) is 6. The lowest BCUT2D eigenvalue weighted by Gasteiger charge is -2.25. The maximum Gasteiger partial charge on any atom is 0.396 e. The molecule has 30 heavy (non-hydrogen) atoms. The van der Waals surface area contributed by atoms with Crippen molar-refractivity contribution in [2.45, 2.75) is 18.7 Å². The quantitative estimate of drug-likeness (QED) is 0.461. The summed E-state index contributed by atoms with van der Waals surface area (Å²) in [5.74, 6) is -1.89. The third-order valence-corrected chi connectivity index (χ3v) is 7.08. The van der Waals surface area contributed by atoms with Gasteiger partial charge in [0.05, 0.1) is 15.3 Å². The predicted molar refractivity (Wildman–Crippen MR) is 114 cm³/mol. The topological polar surface area (TPSA) is 84.7 Å². The summed E-state index contributed by atoms with van der Waals surface area (Å²) >= 11 is 0.822. The number of benzene rings is 3. The molecule has 0 fully saturated rings. The molecule has 3 aromatic carbocycles. The van der Waals surface area contributed by atoms with Gasteiger partial charge in [-0.2, -0.15) is 0 Å². The third kappa shape index (κ3) is 3.29. The van der Waals surface area contributed by atoms with E-state index in [9.17, 15) is 22.4 Å². The number of carbonyl (C=O) groups excluding carboxylic acids is 1. The van der Waals surface area contributed by atoms with Crippen LogP contribution in [0, 0.1) is 11.7 Å². The minimum Gasteiger partial charge on any atom is -0.413 e. The summed E-state index contributed by atoms with van der Waals surface area (Å²) in [5.41, 5.74) is 0.443. The SMILES string of the molecule is CC(C)C(=O)N(c1cc2sc(=O)oc2c2ccccc12)S(=O)(=O)c1ccc(F)cc1. The summed E-state index contributed by atoms with van der Waals surface area (Å²) in [6.07, 6.45) is 0. The monoisotopic (exact) mass is 445 g/mol. The average Bonchev–Trinajstić information content (AvgIpc) is 3.08. The van der Waals surface area contributed by atoms with Crippen LogP contribution in [0.3, 0.4) is 0 Å². The molecule has 0 N–H and O–H groups in total. The van der Waals surface area contributed by atoms with E-state index in [4.69, 9.17) is 4.42 Å². The molecular formula is C21H16FNO5S2. The Hall–Kier alpha value is -3.04. The molecule has 4 rings (SSSR count). The Morgan fingerprint density at radius 3 is 2.33 bits per heavy atom. The summed E-state index contributed by atoms with van der Waals surface area (Å²) in [4.78, 5) is 24.2. The molecule has 1 heterocycles. The molecule has 1 amide bonds. The highest BCUT2D eigenvalue weighted by atomic mass is 32.2. The molecule has 0 aliphatic carbocycles. The van der Waals surface area contributed by atoms with Gasteiger partial charge in [0.1, 0.15) is 5.82 Å². The molecule has 154 valence electrons. The van der Waals surface area contributed by atoms with E-state index in [1.807, 2.05) is 0 Å². The number of anilines is 1. The van der Waals surface area contributed by atoms with Crippen molar-refractivity contribution in [1.29, 1.82) is 0 Å². The second-order valence-corrected chi connectivity index (χ2v) is 9.70. The lowest BCUT2D eigenvalue weighted by molar-refractivity contribution is -0.120. The molecule has 0 atom stereocenters. The molecule has 0 radical (unpaired) electrons. The van der Waals surface area contributed by atoms with Crippen LogP contribution >= 0.6 is 11.3 Å². The van der Waals surface area contributed by atoms with Crippen molar-refractivity contribution in [2.24, 2.45) is 5.92 Å². The average molecular weight is 445 g/mol. The van der Waals surface area contributed by atoms with Gasteiger partial charge in [-0.15, -0.1) is 0 Å². The Bertz CT molecular complexity index is 1440. The van der Waals surface area contributed by atoms with E-state index in [2.05, 4.69) is 0 Å². The molecular weight excluding hydrogens is 429 g/mol. The molecule has 4 aromatic rings. The van der Waals surface area contributed by atoms with Crippen LogP contribution in [-0.4, -0.2) is 14.3 Å². The Labute approximate surface area is 175 Å². The minimum absolute atomic E-state index is 0.109. The molecule has 0 saturated heterocycles. The number of carbonyl (C=O) groups is 1. The molecule has 0 bridgehead atoms. The van der Waals surface area contributed by atoms with Crippen molar-refractivity contribution >= 4 is 54.0 Å². The fraction of sp³-hybridized carbons (Fsp3) is 0.143. The number of amides is 1. The number of hydrogen-bond donors (Lipinski definition) is 0. The predicted octanol–water partition coefficient (Wildman–Crippen LogP) is 4.52. The van der Waals surface area contributed by atoms with E-state index in [-0.39, 0.29) is 10.6 Å². The van der Waals surface area contributed by atoms with E-state index >= 15 is 0 Å². The van der Waals surface area contributed by atoms with Crippen LogP contribution in [0.1, 0.15) is 13.8 Å². The Morgan fingerprint density at radius 2 is 1.70 bits per heavy atom. The molecule has 1 aromatic heterocycles. The summed E-state index contributed by atoms with van der Waals surface area (Å²) < 4.78 is 46.7. The van der Waals surface area contributed by atoms with Crippen molar-refractivity contribution in [2.75, 3.05) is 4.31 Å². The first-order chi connectivity index (χ1) is 14.2. The first-order valence-electron chi connectivity index (χ1n) is 9.00. The number of rotatable bonds is 4. The molecule has 9 heteroatoms. The highest BCUT2D eigenvalue weighted by molar-refractivity contribution is 7.93. The molecule has 0 spiro atoms. The fourth-order valence-corrected chi connectivity index (χ4v) is 5.43. The van der Waals surface area contributed by atoms with Crippen LogP contribution in [0.25, 0.3) is 21.1 Å². The van der Waals surface area contributed by atoms with Crippen LogP contribution in [-0.2, 0) is 14.8 Å². The standard InChI is InChI=1S/C21H16FNO5S2/c1-12(2)20(24)23(30(26,27)14-9-7-13(22)8-10-14)17-11-18-19(28-21(25)29-18)16-6-4-3-5-15(16)17/h3-12H,1-2H3. The summed E-state index contributed by atoms with van der Waals surface area (Å²) in [6.45, 7) is 3.18. The van der Waals surface area contributed by atoms with E-state index < -0.39 is 32.6 Å². The van der Waals surface area contributed by atoms with Crippen molar-refractivity contribution < 1.29 is 22.0 Å². The van der Waals surface area contributed by atoms with Gasteiger partial charge in [-0.3, -0.25) is 4.79 Å². The third-order valence-electron chi connectivity index (χ3n) is 4.58. The lowest BCUT2D eigenvalue weighted by atomic mass is 10.1. The minimum atomic E-state index is -4.36. The molecule has 0 unspecified atom stereocenters. The molecule has 0 aliphatic rings. The second kappa shape index (κ2) is 7.33. The largest absolute Gasteiger partial charge is 0.413 e. The zero-order valence-electron chi connectivity index (χ0n) is 16.0. The first-order valence-corrected chi connectivity index (χ1v) is 11.3. The molecule has 0 aliphatic heterocycles. The zero-order chi connectivity index (χ0) is 21.6. The number of nitrogens with zero attached hydrogens (tertiary/aromatic N) is 1. The number of halogens is 1. The van der Waals surface area contributed by atoms with Gasteiger partial charge in [-0.05, 0) is 30.3 Å². The van der Waals surface area contributed by atoms with E-state index in [1.54, 1.807) is 38.1 Å². The Morgan fingerprint density at radius 1 is 1.07 bits per heavy atom. The van der Waals surface area contributed by atoms with Gasteiger partial charge in [0.25, 0.3) is 10.0 Å². The van der Waals surface area contributed by atoms with Crippen LogP contribution in [0.15, 0.2) is 68.7 Å². The highest BCUT2D eigenvalue weighted by Crippen LogP contribution is 2.38. The van der Waals surface area contributed by atoms with E-state index in [0.29, 0.717) is 21.1 Å². The van der Waals surface area contributed by atoms with Gasteiger partial charge >= 0.3 is 4.94 Å². The van der Waals surface area contributed by atoms with Crippen molar-refractivity contribution in [3.63, 3.8) is 0 Å². The summed E-state index contributed by atoms with van der Waals surface area (Å²) in [5, 5.41) is 0.949. The lowest BCUT2D eigenvalue weighted by Crippen LogP contribution is -2.39. The van der Waals surface area contributed by atoms with Crippen molar-refractivity contribution in [1.82, 2.24) is 0 Å². The zero-order valence-corrected chi connectivity index (χ0v) is 17.6. The van der Waals surface area contributed by atoms with Crippen molar-refractivity contribution in [3.05, 3.63) is 70.1 Å². The van der Waals surface area contributed by atoms with Crippen molar-refractivity contribution in [3.8, 4) is 0 Å². The Balaban J connectivity index is 2.07. The Kier molecular flexibility index (Phi) is 4.95. The maximum atomic E-state index is 13.5. The van der Waals surface area contributed by atoms with Crippen LogP contribution in [0.4, 0.5) is 10.1 Å². The second-order valence-electron chi connectivity index (χ2n) is 6.94. The van der Waals surface area contributed by atoms with Gasteiger partial charge < -0.3 is 4.42 Å². The first kappa shape index (κ1) is 20.2. The van der Waals surface area contributed by atoms with Gasteiger partial charge in [-0.25, -0.2) is 21.9 Å². The molecule has 0 saturated carbocycles.